The molecular formula is C18H32N2O2. The number of likely N-dealkylation sites (N-methyl/N-ethyl adjacent to an activating group) is 1. The molecule has 4 heteroatoms. The lowest BCUT2D eigenvalue weighted by Crippen LogP contribution is -2.63. The van der Waals surface area contributed by atoms with Gasteiger partial charge >= 0.3 is 0 Å². The van der Waals surface area contributed by atoms with Gasteiger partial charge in [0.25, 0.3) is 0 Å². The minimum absolute atomic E-state index is 0.395. The Morgan fingerprint density at radius 2 is 1.77 bits per heavy atom. The molecule has 3 aliphatic rings. The summed E-state index contributed by atoms with van der Waals surface area (Å²) in [6, 6.07) is 1.25. The number of carbonyl (C=O) groups is 1. The van der Waals surface area contributed by atoms with E-state index >= 15 is 0 Å². The van der Waals surface area contributed by atoms with Gasteiger partial charge in [0.05, 0.1) is 0 Å². The van der Waals surface area contributed by atoms with Gasteiger partial charge in [-0.25, -0.2) is 0 Å². The van der Waals surface area contributed by atoms with E-state index in [1.807, 2.05) is 0 Å². The summed E-state index contributed by atoms with van der Waals surface area (Å²) in [4.78, 5) is 17.0. The van der Waals surface area contributed by atoms with E-state index in [1.165, 1.54) is 25.7 Å². The van der Waals surface area contributed by atoms with Gasteiger partial charge in [-0.05, 0) is 31.7 Å². The van der Waals surface area contributed by atoms with Gasteiger partial charge in [-0.2, -0.15) is 0 Å². The molecule has 0 aromatic carbocycles. The third-order valence-corrected chi connectivity index (χ3v) is 5.95. The molecule has 0 spiro atoms. The second-order valence-corrected chi connectivity index (χ2v) is 7.32. The minimum Gasteiger partial charge on any atom is -0.381 e. The summed E-state index contributed by atoms with van der Waals surface area (Å²) in [5, 5.41) is 0. The van der Waals surface area contributed by atoms with E-state index in [-0.39, 0.29) is 0 Å². The Balaban J connectivity index is 1.38. The first-order valence-corrected chi connectivity index (χ1v) is 9.39. The number of carbonyl (C=O) groups excluding carboxylic acids is 1. The fraction of sp³-hybridized carbons (Fsp3) is 0.944. The molecule has 3 fully saturated rings. The highest BCUT2D eigenvalue weighted by molar-refractivity contribution is 5.77. The third kappa shape index (κ3) is 3.83. The Bertz CT molecular complexity index is 356. The molecule has 1 saturated carbocycles. The number of hydrogen-bond donors (Lipinski definition) is 0. The Labute approximate surface area is 135 Å². The van der Waals surface area contributed by atoms with Crippen molar-refractivity contribution in [3.8, 4) is 0 Å². The van der Waals surface area contributed by atoms with Crippen LogP contribution in [-0.2, 0) is 9.53 Å². The van der Waals surface area contributed by atoms with Gasteiger partial charge in [0, 0.05) is 44.8 Å². The van der Waals surface area contributed by atoms with Crippen molar-refractivity contribution in [1.29, 1.82) is 0 Å². The Morgan fingerprint density at radius 1 is 1.09 bits per heavy atom. The molecule has 2 saturated heterocycles. The molecule has 0 aromatic heterocycles. The topological polar surface area (TPSA) is 32.8 Å². The standard InChI is InChI=1S/C18H32N2O2/c1-2-20(16-9-11-22-12-10-16)17-13-19(14-17)18(21)8-7-15-5-3-4-6-15/h15-17H,2-14H2,1H3. The van der Waals surface area contributed by atoms with Gasteiger partial charge in [-0.15, -0.1) is 0 Å². The van der Waals surface area contributed by atoms with Crippen molar-refractivity contribution in [2.75, 3.05) is 32.8 Å². The summed E-state index contributed by atoms with van der Waals surface area (Å²) in [5.41, 5.74) is 0. The average molecular weight is 308 g/mol. The van der Waals surface area contributed by atoms with E-state index in [4.69, 9.17) is 4.74 Å². The lowest BCUT2D eigenvalue weighted by Gasteiger charge is -2.48. The fourth-order valence-corrected chi connectivity index (χ4v) is 4.48. The SMILES string of the molecule is CCN(C1CCOCC1)C1CN(C(=O)CCC2CCCC2)C1. The molecule has 126 valence electrons. The van der Waals surface area contributed by atoms with E-state index in [0.29, 0.717) is 18.0 Å². The van der Waals surface area contributed by atoms with Crippen molar-refractivity contribution in [3.05, 3.63) is 0 Å². The van der Waals surface area contributed by atoms with Crippen molar-refractivity contribution in [1.82, 2.24) is 9.80 Å². The molecule has 0 unspecified atom stereocenters. The first-order valence-electron chi connectivity index (χ1n) is 9.39. The van der Waals surface area contributed by atoms with Crippen LogP contribution in [0, 0.1) is 5.92 Å². The highest BCUT2D eigenvalue weighted by Gasteiger charge is 2.37. The Hall–Kier alpha value is -0.610. The van der Waals surface area contributed by atoms with E-state index in [9.17, 15) is 4.79 Å². The van der Waals surface area contributed by atoms with Gasteiger partial charge in [-0.1, -0.05) is 32.6 Å². The zero-order chi connectivity index (χ0) is 15.4. The maximum Gasteiger partial charge on any atom is 0.222 e. The van der Waals surface area contributed by atoms with Gasteiger partial charge in [0.15, 0.2) is 0 Å². The summed E-state index contributed by atoms with van der Waals surface area (Å²) in [5.74, 6) is 1.22. The first-order chi connectivity index (χ1) is 10.8. The molecule has 22 heavy (non-hydrogen) atoms. The zero-order valence-electron chi connectivity index (χ0n) is 14.1. The fourth-order valence-electron chi connectivity index (χ4n) is 4.48. The summed E-state index contributed by atoms with van der Waals surface area (Å²) < 4.78 is 5.47. The largest absolute Gasteiger partial charge is 0.381 e. The van der Waals surface area contributed by atoms with E-state index in [2.05, 4.69) is 16.7 Å². The quantitative estimate of drug-likeness (QED) is 0.756. The van der Waals surface area contributed by atoms with E-state index in [0.717, 1.165) is 64.4 Å². The lowest BCUT2D eigenvalue weighted by atomic mass is 9.98. The van der Waals surface area contributed by atoms with Gasteiger partial charge in [0.1, 0.15) is 0 Å². The van der Waals surface area contributed by atoms with E-state index in [1.54, 1.807) is 0 Å². The van der Waals surface area contributed by atoms with Gasteiger partial charge in [-0.3, -0.25) is 9.69 Å². The predicted molar refractivity (Wildman–Crippen MR) is 87.8 cm³/mol. The molecular weight excluding hydrogens is 276 g/mol. The molecule has 1 aliphatic carbocycles. The molecule has 0 N–H and O–H groups in total. The van der Waals surface area contributed by atoms with Crippen LogP contribution in [0.3, 0.4) is 0 Å². The number of likely N-dealkylation sites (tertiary alicyclic amines) is 1. The smallest absolute Gasteiger partial charge is 0.222 e. The molecule has 0 atom stereocenters. The second-order valence-electron chi connectivity index (χ2n) is 7.32. The summed E-state index contributed by atoms with van der Waals surface area (Å²) in [7, 11) is 0. The van der Waals surface area contributed by atoms with Crippen molar-refractivity contribution < 1.29 is 9.53 Å². The number of rotatable bonds is 6. The normalized spacial score (nSPS) is 24.9. The molecule has 4 nitrogen and oxygen atoms in total. The molecule has 2 aliphatic heterocycles. The first kappa shape index (κ1) is 16.3. The molecule has 0 radical (unpaired) electrons. The van der Waals surface area contributed by atoms with Crippen LogP contribution in [0.5, 0.6) is 0 Å². The third-order valence-electron chi connectivity index (χ3n) is 5.95. The van der Waals surface area contributed by atoms with Crippen LogP contribution >= 0.6 is 0 Å². The van der Waals surface area contributed by atoms with Crippen LogP contribution in [0.2, 0.25) is 0 Å². The summed E-state index contributed by atoms with van der Waals surface area (Å²) in [6.07, 6.45) is 9.66. The highest BCUT2D eigenvalue weighted by atomic mass is 16.5. The van der Waals surface area contributed by atoms with Crippen molar-refractivity contribution in [3.63, 3.8) is 0 Å². The van der Waals surface area contributed by atoms with Crippen LogP contribution in [0.15, 0.2) is 0 Å². The number of hydrogen-bond acceptors (Lipinski definition) is 3. The highest BCUT2D eigenvalue weighted by Crippen LogP contribution is 2.29. The van der Waals surface area contributed by atoms with E-state index < -0.39 is 0 Å². The minimum atomic E-state index is 0.395. The van der Waals surface area contributed by atoms with Gasteiger partial charge < -0.3 is 9.64 Å². The van der Waals surface area contributed by atoms with Crippen LogP contribution in [0.4, 0.5) is 0 Å². The molecule has 0 aromatic rings. The maximum atomic E-state index is 12.3. The summed E-state index contributed by atoms with van der Waals surface area (Å²) in [6.45, 7) is 7.05. The Morgan fingerprint density at radius 3 is 2.41 bits per heavy atom. The Kier molecular flexibility index (Phi) is 5.75. The van der Waals surface area contributed by atoms with Crippen molar-refractivity contribution in [2.45, 2.75) is 70.4 Å². The average Bonchev–Trinajstić information content (AvgIpc) is 3.02. The zero-order valence-corrected chi connectivity index (χ0v) is 14.1. The van der Waals surface area contributed by atoms with Crippen LogP contribution in [-0.4, -0.2) is 60.6 Å². The lowest BCUT2D eigenvalue weighted by molar-refractivity contribution is -0.140. The maximum absolute atomic E-state index is 12.3. The van der Waals surface area contributed by atoms with Crippen molar-refractivity contribution >= 4 is 5.91 Å². The van der Waals surface area contributed by atoms with Crippen LogP contribution in [0.1, 0.15) is 58.3 Å². The number of amides is 1. The number of ether oxygens (including phenoxy) is 1. The number of nitrogens with zero attached hydrogens (tertiary/aromatic N) is 2. The van der Waals surface area contributed by atoms with Crippen LogP contribution in [0.25, 0.3) is 0 Å². The summed E-state index contributed by atoms with van der Waals surface area (Å²) >= 11 is 0. The predicted octanol–water partition coefficient (Wildman–Crippen LogP) is 2.67. The molecule has 2 heterocycles. The van der Waals surface area contributed by atoms with Crippen LogP contribution < -0.4 is 0 Å². The molecule has 3 rings (SSSR count). The second kappa shape index (κ2) is 7.78. The monoisotopic (exact) mass is 308 g/mol. The molecule has 1 amide bonds. The van der Waals surface area contributed by atoms with Crippen molar-refractivity contribution in [2.24, 2.45) is 5.92 Å². The molecule has 0 bridgehead atoms. The van der Waals surface area contributed by atoms with Gasteiger partial charge in [0.2, 0.25) is 5.91 Å².